The molecule has 0 aliphatic carbocycles. The quantitative estimate of drug-likeness (QED) is 0.751. The van der Waals surface area contributed by atoms with E-state index >= 15 is 0 Å². The molecule has 17 heavy (non-hydrogen) atoms. The number of nitrogens with zero attached hydrogens (tertiary/aromatic N) is 2. The lowest BCUT2D eigenvalue weighted by atomic mass is 10.1. The van der Waals surface area contributed by atoms with Crippen molar-refractivity contribution in [2.24, 2.45) is 0 Å². The van der Waals surface area contributed by atoms with Gasteiger partial charge in [-0.05, 0) is 32.4 Å². The first kappa shape index (κ1) is 14.5. The van der Waals surface area contributed by atoms with Crippen molar-refractivity contribution in [3.63, 3.8) is 0 Å². The van der Waals surface area contributed by atoms with Gasteiger partial charge in [0.2, 0.25) is 5.91 Å². The highest BCUT2D eigenvalue weighted by Gasteiger charge is 2.19. The van der Waals surface area contributed by atoms with Gasteiger partial charge >= 0.3 is 0 Å². The number of likely N-dealkylation sites (tertiary alicyclic amines) is 1. The summed E-state index contributed by atoms with van der Waals surface area (Å²) in [6.45, 7) is 6.45. The van der Waals surface area contributed by atoms with Crippen molar-refractivity contribution in [3.8, 4) is 0 Å². The third-order valence-electron chi connectivity index (χ3n) is 3.33. The number of hydrogen-bond donors (Lipinski definition) is 1. The molecule has 1 aliphatic rings. The van der Waals surface area contributed by atoms with Crippen molar-refractivity contribution in [2.45, 2.75) is 38.6 Å². The van der Waals surface area contributed by atoms with Gasteiger partial charge in [0.1, 0.15) is 0 Å². The first-order valence-corrected chi connectivity index (χ1v) is 6.79. The average molecular weight is 241 g/mol. The second kappa shape index (κ2) is 7.67. The minimum absolute atomic E-state index is 0.230. The molecule has 1 unspecified atom stereocenters. The highest BCUT2D eigenvalue weighted by molar-refractivity contribution is 5.75. The second-order valence-electron chi connectivity index (χ2n) is 5.13. The van der Waals surface area contributed by atoms with Gasteiger partial charge in [-0.2, -0.15) is 0 Å². The molecular formula is C13H27N3O. The van der Waals surface area contributed by atoms with Gasteiger partial charge in [0.15, 0.2) is 0 Å². The van der Waals surface area contributed by atoms with Crippen LogP contribution in [0.5, 0.6) is 0 Å². The largest absolute Gasteiger partial charge is 0.349 e. The molecule has 1 amide bonds. The molecule has 1 aliphatic heterocycles. The molecule has 1 fully saturated rings. The fourth-order valence-corrected chi connectivity index (χ4v) is 2.25. The van der Waals surface area contributed by atoms with Gasteiger partial charge in [0.25, 0.3) is 0 Å². The number of piperidine rings is 1. The van der Waals surface area contributed by atoms with Crippen molar-refractivity contribution in [2.75, 3.05) is 40.3 Å². The van der Waals surface area contributed by atoms with Gasteiger partial charge in [-0.25, -0.2) is 0 Å². The van der Waals surface area contributed by atoms with Crippen LogP contribution in [0.4, 0.5) is 0 Å². The third kappa shape index (κ3) is 5.50. The Labute approximate surface area is 105 Å². The molecule has 0 aromatic carbocycles. The van der Waals surface area contributed by atoms with Crippen LogP contribution in [-0.2, 0) is 4.79 Å². The molecule has 4 heteroatoms. The minimum atomic E-state index is 0.230. The number of carbonyl (C=O) groups is 1. The Morgan fingerprint density at radius 3 is 2.88 bits per heavy atom. The van der Waals surface area contributed by atoms with Crippen LogP contribution in [0, 0.1) is 0 Å². The summed E-state index contributed by atoms with van der Waals surface area (Å²) in [6.07, 6.45) is 4.36. The number of nitrogens with one attached hydrogen (secondary N) is 1. The van der Waals surface area contributed by atoms with E-state index in [-0.39, 0.29) is 5.91 Å². The molecule has 1 N–H and O–H groups in total. The van der Waals surface area contributed by atoms with E-state index in [1.54, 1.807) is 4.90 Å². The molecule has 1 atom stereocenters. The number of hydrogen-bond acceptors (Lipinski definition) is 3. The lowest BCUT2D eigenvalue weighted by Gasteiger charge is -2.33. The van der Waals surface area contributed by atoms with Gasteiger partial charge in [0.05, 0.1) is 0 Å². The summed E-state index contributed by atoms with van der Waals surface area (Å²) in [6, 6.07) is 0.623. The van der Waals surface area contributed by atoms with Crippen molar-refractivity contribution >= 4 is 5.91 Å². The van der Waals surface area contributed by atoms with Crippen LogP contribution in [0.2, 0.25) is 0 Å². The Balaban J connectivity index is 2.22. The molecular weight excluding hydrogens is 214 g/mol. The number of carbonyl (C=O) groups excluding carboxylic acids is 1. The van der Waals surface area contributed by atoms with E-state index in [9.17, 15) is 4.79 Å². The van der Waals surface area contributed by atoms with Gasteiger partial charge in [-0.1, -0.05) is 6.92 Å². The molecule has 0 radical (unpaired) electrons. The van der Waals surface area contributed by atoms with Gasteiger partial charge in [-0.15, -0.1) is 0 Å². The fraction of sp³-hybridized carbons (Fsp3) is 0.923. The first-order valence-electron chi connectivity index (χ1n) is 6.79. The molecule has 0 aromatic rings. The summed E-state index contributed by atoms with van der Waals surface area (Å²) < 4.78 is 0. The molecule has 0 aromatic heterocycles. The second-order valence-corrected chi connectivity index (χ2v) is 5.13. The summed E-state index contributed by atoms with van der Waals surface area (Å²) in [5.41, 5.74) is 0. The summed E-state index contributed by atoms with van der Waals surface area (Å²) in [5, 5.41) is 3.57. The maximum Gasteiger partial charge on any atom is 0.223 e. The van der Waals surface area contributed by atoms with E-state index in [1.165, 1.54) is 19.3 Å². The van der Waals surface area contributed by atoms with E-state index in [1.807, 2.05) is 14.1 Å². The highest BCUT2D eigenvalue weighted by atomic mass is 16.2. The first-order chi connectivity index (χ1) is 8.13. The Morgan fingerprint density at radius 1 is 1.47 bits per heavy atom. The van der Waals surface area contributed by atoms with E-state index in [2.05, 4.69) is 17.1 Å². The van der Waals surface area contributed by atoms with Gasteiger partial charge in [0, 0.05) is 39.6 Å². The molecule has 1 rings (SSSR count). The summed E-state index contributed by atoms with van der Waals surface area (Å²) in [4.78, 5) is 15.6. The zero-order valence-electron chi connectivity index (χ0n) is 11.5. The maximum atomic E-state index is 11.5. The normalized spacial score (nSPS) is 21.5. The number of rotatable bonds is 6. The van der Waals surface area contributed by atoms with Crippen molar-refractivity contribution < 1.29 is 4.79 Å². The molecule has 100 valence electrons. The van der Waals surface area contributed by atoms with Crippen LogP contribution < -0.4 is 5.32 Å². The molecule has 1 saturated heterocycles. The summed E-state index contributed by atoms with van der Waals surface area (Å²) >= 11 is 0. The van der Waals surface area contributed by atoms with Crippen LogP contribution in [0.25, 0.3) is 0 Å². The summed E-state index contributed by atoms with van der Waals surface area (Å²) in [7, 11) is 3.65. The van der Waals surface area contributed by atoms with E-state index in [4.69, 9.17) is 0 Å². The van der Waals surface area contributed by atoms with Crippen LogP contribution >= 0.6 is 0 Å². The topological polar surface area (TPSA) is 35.6 Å². The molecule has 4 nitrogen and oxygen atoms in total. The Morgan fingerprint density at radius 2 is 2.24 bits per heavy atom. The predicted molar refractivity (Wildman–Crippen MR) is 71.1 cm³/mol. The Hall–Kier alpha value is -0.610. The van der Waals surface area contributed by atoms with Crippen LogP contribution in [0.15, 0.2) is 0 Å². The third-order valence-corrected chi connectivity index (χ3v) is 3.33. The predicted octanol–water partition coefficient (Wildman–Crippen LogP) is 0.929. The average Bonchev–Trinajstić information content (AvgIpc) is 2.33. The lowest BCUT2D eigenvalue weighted by Crippen LogP contribution is -2.46. The summed E-state index contributed by atoms with van der Waals surface area (Å²) in [5.74, 6) is 0.230. The Bertz CT molecular complexity index is 231. The zero-order chi connectivity index (χ0) is 12.7. The van der Waals surface area contributed by atoms with Gasteiger partial charge < -0.3 is 15.1 Å². The highest BCUT2D eigenvalue weighted by Crippen LogP contribution is 2.10. The van der Waals surface area contributed by atoms with E-state index in [0.29, 0.717) is 12.5 Å². The minimum Gasteiger partial charge on any atom is -0.349 e. The number of amides is 1. The lowest BCUT2D eigenvalue weighted by molar-refractivity contribution is -0.129. The van der Waals surface area contributed by atoms with Crippen molar-refractivity contribution in [1.29, 1.82) is 0 Å². The van der Waals surface area contributed by atoms with Crippen molar-refractivity contribution in [1.82, 2.24) is 15.1 Å². The monoisotopic (exact) mass is 241 g/mol. The van der Waals surface area contributed by atoms with Crippen molar-refractivity contribution in [3.05, 3.63) is 0 Å². The van der Waals surface area contributed by atoms with Gasteiger partial charge in [-0.3, -0.25) is 4.79 Å². The standard InChI is InChI=1S/C13H27N3O/c1-4-8-14-12-6-5-9-16(11-12)10-7-13(17)15(2)3/h12,14H,4-11H2,1-3H3. The Kier molecular flexibility index (Phi) is 6.52. The van der Waals surface area contributed by atoms with E-state index < -0.39 is 0 Å². The molecule has 0 spiro atoms. The maximum absolute atomic E-state index is 11.5. The SMILES string of the molecule is CCCNC1CCCN(CCC(=O)N(C)C)C1. The molecule has 0 saturated carbocycles. The van der Waals surface area contributed by atoms with Crippen LogP contribution in [0.3, 0.4) is 0 Å². The molecule has 1 heterocycles. The van der Waals surface area contributed by atoms with Crippen LogP contribution in [0.1, 0.15) is 32.6 Å². The zero-order valence-corrected chi connectivity index (χ0v) is 11.5. The fourth-order valence-electron chi connectivity index (χ4n) is 2.25. The molecule has 0 bridgehead atoms. The van der Waals surface area contributed by atoms with Crippen LogP contribution in [-0.4, -0.2) is 62.0 Å². The van der Waals surface area contributed by atoms with E-state index in [0.717, 1.165) is 26.2 Å². The smallest absolute Gasteiger partial charge is 0.223 e.